The summed E-state index contributed by atoms with van der Waals surface area (Å²) in [7, 11) is 0. The van der Waals surface area contributed by atoms with Crippen molar-refractivity contribution >= 4 is 11.8 Å². The second-order valence-corrected chi connectivity index (χ2v) is 5.64. The molecule has 0 spiro atoms. The predicted molar refractivity (Wildman–Crippen MR) is 67.8 cm³/mol. The van der Waals surface area contributed by atoms with Crippen LogP contribution in [0.1, 0.15) is 36.6 Å². The van der Waals surface area contributed by atoms with Gasteiger partial charge in [0.15, 0.2) is 0 Å². The summed E-state index contributed by atoms with van der Waals surface area (Å²) >= 11 is 1.99. The number of aromatic nitrogens is 1. The van der Waals surface area contributed by atoms with Gasteiger partial charge in [-0.05, 0) is 39.4 Å². The summed E-state index contributed by atoms with van der Waals surface area (Å²) in [5, 5.41) is 4.37. The SMILES string of the molecule is CSC1CCC(NCc2nc(C)c(C)o2)C1. The summed E-state index contributed by atoms with van der Waals surface area (Å²) in [5.74, 6) is 1.76. The molecule has 1 aromatic rings. The first-order valence-electron chi connectivity index (χ1n) is 5.88. The van der Waals surface area contributed by atoms with E-state index in [9.17, 15) is 0 Å². The van der Waals surface area contributed by atoms with Crippen molar-refractivity contribution in [3.63, 3.8) is 0 Å². The highest BCUT2D eigenvalue weighted by atomic mass is 32.2. The van der Waals surface area contributed by atoms with E-state index in [-0.39, 0.29) is 0 Å². The second-order valence-electron chi connectivity index (χ2n) is 4.50. The molecule has 1 aliphatic carbocycles. The Morgan fingerprint density at radius 1 is 1.44 bits per heavy atom. The van der Waals surface area contributed by atoms with E-state index in [2.05, 4.69) is 16.6 Å². The van der Waals surface area contributed by atoms with Crippen LogP contribution in [0.15, 0.2) is 4.42 Å². The number of hydrogen-bond acceptors (Lipinski definition) is 4. The average molecular weight is 240 g/mol. The van der Waals surface area contributed by atoms with Gasteiger partial charge >= 0.3 is 0 Å². The predicted octanol–water partition coefficient (Wildman–Crippen LogP) is 2.67. The van der Waals surface area contributed by atoms with Crippen LogP contribution in [0.5, 0.6) is 0 Å². The number of thioether (sulfide) groups is 1. The summed E-state index contributed by atoms with van der Waals surface area (Å²) in [5.41, 5.74) is 1.00. The summed E-state index contributed by atoms with van der Waals surface area (Å²) in [6.45, 7) is 4.72. The lowest BCUT2D eigenvalue weighted by Gasteiger charge is -2.10. The first-order valence-corrected chi connectivity index (χ1v) is 7.17. The van der Waals surface area contributed by atoms with Gasteiger partial charge in [-0.15, -0.1) is 0 Å². The molecule has 16 heavy (non-hydrogen) atoms. The molecule has 1 aromatic heterocycles. The van der Waals surface area contributed by atoms with E-state index in [1.807, 2.05) is 25.6 Å². The molecule has 1 N–H and O–H groups in total. The number of hydrogen-bond donors (Lipinski definition) is 1. The molecule has 1 aliphatic rings. The zero-order valence-corrected chi connectivity index (χ0v) is 11.1. The molecule has 2 unspecified atom stereocenters. The molecule has 4 heteroatoms. The normalized spacial score (nSPS) is 25.2. The molecule has 2 rings (SSSR count). The van der Waals surface area contributed by atoms with Crippen LogP contribution in [0.25, 0.3) is 0 Å². The van der Waals surface area contributed by atoms with Gasteiger partial charge in [-0.25, -0.2) is 4.98 Å². The van der Waals surface area contributed by atoms with Gasteiger partial charge in [-0.2, -0.15) is 11.8 Å². The third-order valence-electron chi connectivity index (χ3n) is 3.33. The smallest absolute Gasteiger partial charge is 0.208 e. The Hall–Kier alpha value is -0.480. The molecule has 0 saturated heterocycles. The molecule has 0 aliphatic heterocycles. The zero-order valence-electron chi connectivity index (χ0n) is 10.2. The van der Waals surface area contributed by atoms with Crippen molar-refractivity contribution in [2.45, 2.75) is 50.9 Å². The van der Waals surface area contributed by atoms with Crippen molar-refractivity contribution in [1.29, 1.82) is 0 Å². The number of rotatable bonds is 4. The molecule has 3 nitrogen and oxygen atoms in total. The average Bonchev–Trinajstić information content (AvgIpc) is 2.84. The highest BCUT2D eigenvalue weighted by molar-refractivity contribution is 7.99. The van der Waals surface area contributed by atoms with Crippen LogP contribution in [0, 0.1) is 13.8 Å². The quantitative estimate of drug-likeness (QED) is 0.878. The van der Waals surface area contributed by atoms with Gasteiger partial charge in [0.1, 0.15) is 5.76 Å². The van der Waals surface area contributed by atoms with E-state index < -0.39 is 0 Å². The Kier molecular flexibility index (Phi) is 3.92. The molecular formula is C12H20N2OS. The maximum atomic E-state index is 5.55. The Morgan fingerprint density at radius 2 is 2.25 bits per heavy atom. The first kappa shape index (κ1) is 12.0. The number of aryl methyl sites for hydroxylation is 2. The number of nitrogens with one attached hydrogen (secondary N) is 1. The van der Waals surface area contributed by atoms with Gasteiger partial charge < -0.3 is 9.73 Å². The summed E-state index contributed by atoms with van der Waals surface area (Å²) < 4.78 is 5.55. The van der Waals surface area contributed by atoms with Gasteiger partial charge in [0.2, 0.25) is 5.89 Å². The Balaban J connectivity index is 1.79. The van der Waals surface area contributed by atoms with E-state index in [1.165, 1.54) is 19.3 Å². The number of nitrogens with zero attached hydrogens (tertiary/aromatic N) is 1. The van der Waals surface area contributed by atoms with Crippen LogP contribution in [-0.2, 0) is 6.54 Å². The van der Waals surface area contributed by atoms with Crippen molar-refractivity contribution < 1.29 is 4.42 Å². The first-order chi connectivity index (χ1) is 7.69. The molecule has 1 heterocycles. The molecule has 0 bridgehead atoms. The standard InChI is InChI=1S/C12H20N2OS/c1-8-9(2)15-12(14-8)7-13-10-4-5-11(6-10)16-3/h10-11,13H,4-7H2,1-3H3. The highest BCUT2D eigenvalue weighted by Gasteiger charge is 2.23. The second kappa shape index (κ2) is 5.23. The van der Waals surface area contributed by atoms with Gasteiger partial charge in [-0.3, -0.25) is 0 Å². The summed E-state index contributed by atoms with van der Waals surface area (Å²) in [6, 6.07) is 0.643. The number of oxazole rings is 1. The van der Waals surface area contributed by atoms with Crippen molar-refractivity contribution in [2.24, 2.45) is 0 Å². The molecule has 90 valence electrons. The third-order valence-corrected chi connectivity index (χ3v) is 4.43. The van der Waals surface area contributed by atoms with Crippen LogP contribution >= 0.6 is 11.8 Å². The van der Waals surface area contributed by atoms with E-state index >= 15 is 0 Å². The minimum Gasteiger partial charge on any atom is -0.444 e. The maximum Gasteiger partial charge on any atom is 0.208 e. The minimum atomic E-state index is 0.643. The molecule has 2 atom stereocenters. The van der Waals surface area contributed by atoms with E-state index in [1.54, 1.807) is 0 Å². The van der Waals surface area contributed by atoms with E-state index in [0.717, 1.165) is 29.1 Å². The highest BCUT2D eigenvalue weighted by Crippen LogP contribution is 2.28. The Morgan fingerprint density at radius 3 is 2.81 bits per heavy atom. The van der Waals surface area contributed by atoms with Crippen LogP contribution < -0.4 is 5.32 Å². The largest absolute Gasteiger partial charge is 0.444 e. The zero-order chi connectivity index (χ0) is 11.5. The van der Waals surface area contributed by atoms with Gasteiger partial charge in [0, 0.05) is 11.3 Å². The van der Waals surface area contributed by atoms with Crippen molar-refractivity contribution in [3.8, 4) is 0 Å². The molecule has 1 fully saturated rings. The lowest BCUT2D eigenvalue weighted by atomic mass is 10.2. The van der Waals surface area contributed by atoms with Gasteiger partial charge in [-0.1, -0.05) is 0 Å². The molecule has 0 radical (unpaired) electrons. The van der Waals surface area contributed by atoms with E-state index in [4.69, 9.17) is 4.42 Å². The summed E-state index contributed by atoms with van der Waals surface area (Å²) in [4.78, 5) is 4.38. The topological polar surface area (TPSA) is 38.1 Å². The minimum absolute atomic E-state index is 0.643. The Bertz CT molecular complexity index is 331. The van der Waals surface area contributed by atoms with Gasteiger partial charge in [0.25, 0.3) is 0 Å². The van der Waals surface area contributed by atoms with Crippen LogP contribution in [0.2, 0.25) is 0 Å². The van der Waals surface area contributed by atoms with Crippen molar-refractivity contribution in [2.75, 3.05) is 6.26 Å². The molecule has 0 aromatic carbocycles. The fourth-order valence-corrected chi connectivity index (χ4v) is 2.98. The van der Waals surface area contributed by atoms with Crippen LogP contribution in [0.4, 0.5) is 0 Å². The lowest BCUT2D eigenvalue weighted by Crippen LogP contribution is -2.26. The molecule has 1 saturated carbocycles. The third kappa shape index (κ3) is 2.80. The molecule has 0 amide bonds. The fraction of sp³-hybridized carbons (Fsp3) is 0.750. The Labute approximate surface area is 101 Å². The summed E-state index contributed by atoms with van der Waals surface area (Å²) in [6.07, 6.45) is 6.10. The monoisotopic (exact) mass is 240 g/mol. The van der Waals surface area contributed by atoms with E-state index in [0.29, 0.717) is 6.04 Å². The van der Waals surface area contributed by atoms with Crippen molar-refractivity contribution in [1.82, 2.24) is 10.3 Å². The van der Waals surface area contributed by atoms with Gasteiger partial charge in [0.05, 0.1) is 12.2 Å². The van der Waals surface area contributed by atoms with Crippen molar-refractivity contribution in [3.05, 3.63) is 17.3 Å². The van der Waals surface area contributed by atoms with Crippen LogP contribution in [-0.4, -0.2) is 22.5 Å². The fourth-order valence-electron chi connectivity index (χ4n) is 2.19. The molecular weight excluding hydrogens is 220 g/mol. The van der Waals surface area contributed by atoms with Crippen LogP contribution in [0.3, 0.4) is 0 Å². The maximum absolute atomic E-state index is 5.55. The lowest BCUT2D eigenvalue weighted by molar-refractivity contribution is 0.422.